The number of aliphatic hydroxyl groups is 1. The van der Waals surface area contributed by atoms with Crippen LogP contribution in [0.1, 0.15) is 12.5 Å². The molecule has 0 aliphatic carbocycles. The highest BCUT2D eigenvalue weighted by molar-refractivity contribution is 5.82. The van der Waals surface area contributed by atoms with E-state index in [1.807, 2.05) is 6.92 Å². The van der Waals surface area contributed by atoms with Crippen LogP contribution in [0.4, 0.5) is 4.79 Å². The van der Waals surface area contributed by atoms with Crippen molar-refractivity contribution in [2.75, 3.05) is 19.8 Å². The molecule has 0 saturated carbocycles. The number of ether oxygens (including phenoxy) is 2. The molecule has 0 fully saturated rings. The average Bonchev–Trinajstić information content (AvgIpc) is 2.38. The predicted molar refractivity (Wildman–Crippen MR) is 70.5 cm³/mol. The van der Waals surface area contributed by atoms with E-state index in [1.54, 1.807) is 18.2 Å². The average molecular weight is 267 g/mol. The third-order valence-electron chi connectivity index (χ3n) is 2.00. The number of aliphatic hydroxyl groups excluding tert-OH is 1. The summed E-state index contributed by atoms with van der Waals surface area (Å²) < 4.78 is 10.7. The number of nitrogens with one attached hydrogen (secondary N) is 1. The Labute approximate surface area is 111 Å². The van der Waals surface area contributed by atoms with E-state index in [4.69, 9.17) is 20.3 Å². The Morgan fingerprint density at radius 3 is 2.89 bits per heavy atom. The third-order valence-corrected chi connectivity index (χ3v) is 2.00. The molecule has 0 spiro atoms. The number of benzene rings is 1. The van der Waals surface area contributed by atoms with Crippen molar-refractivity contribution in [3.05, 3.63) is 23.8 Å². The highest BCUT2D eigenvalue weighted by Crippen LogP contribution is 2.27. The van der Waals surface area contributed by atoms with Crippen molar-refractivity contribution in [3.63, 3.8) is 0 Å². The Hall–Kier alpha value is -2.28. The van der Waals surface area contributed by atoms with Gasteiger partial charge in [-0.3, -0.25) is 0 Å². The molecule has 104 valence electrons. The van der Waals surface area contributed by atoms with Crippen LogP contribution in [0.2, 0.25) is 0 Å². The van der Waals surface area contributed by atoms with Gasteiger partial charge < -0.3 is 20.3 Å². The summed E-state index contributed by atoms with van der Waals surface area (Å²) in [6.07, 6.45) is 1.43. The molecule has 19 heavy (non-hydrogen) atoms. The zero-order chi connectivity index (χ0) is 14.1. The first-order valence-electron chi connectivity index (χ1n) is 5.76. The number of amides is 2. The zero-order valence-electron chi connectivity index (χ0n) is 10.6. The smallest absolute Gasteiger partial charge is 0.332 e. The summed E-state index contributed by atoms with van der Waals surface area (Å²) in [7, 11) is 0. The van der Waals surface area contributed by atoms with E-state index < -0.39 is 6.03 Å². The van der Waals surface area contributed by atoms with E-state index in [0.717, 1.165) is 0 Å². The molecule has 2 amide bonds. The van der Waals surface area contributed by atoms with Crippen LogP contribution in [-0.2, 0) is 0 Å². The second-order valence-electron chi connectivity index (χ2n) is 3.45. The van der Waals surface area contributed by atoms with Crippen molar-refractivity contribution < 1.29 is 19.4 Å². The van der Waals surface area contributed by atoms with Crippen LogP contribution in [0.15, 0.2) is 23.3 Å². The summed E-state index contributed by atoms with van der Waals surface area (Å²) >= 11 is 0. The first kappa shape index (κ1) is 14.8. The maximum absolute atomic E-state index is 10.5. The van der Waals surface area contributed by atoms with Crippen LogP contribution in [0, 0.1) is 0 Å². The van der Waals surface area contributed by atoms with Crippen molar-refractivity contribution in [1.29, 1.82) is 0 Å². The number of hydrazone groups is 1. The van der Waals surface area contributed by atoms with Gasteiger partial charge in [-0.1, -0.05) is 0 Å². The number of nitrogens with two attached hydrogens (primary N) is 1. The molecule has 0 radical (unpaired) electrons. The van der Waals surface area contributed by atoms with Crippen LogP contribution in [0.3, 0.4) is 0 Å². The Kier molecular flexibility index (Phi) is 6.17. The SMILES string of the molecule is CCOc1cc(C=NNC(N)=O)ccc1OCCO. The summed E-state index contributed by atoms with van der Waals surface area (Å²) in [6, 6.07) is 4.42. The third kappa shape index (κ3) is 5.26. The minimum atomic E-state index is -0.732. The number of urea groups is 1. The zero-order valence-corrected chi connectivity index (χ0v) is 10.6. The lowest BCUT2D eigenvalue weighted by Gasteiger charge is -2.11. The second kappa shape index (κ2) is 7.93. The van der Waals surface area contributed by atoms with Crippen molar-refractivity contribution >= 4 is 12.2 Å². The number of hydrogen-bond donors (Lipinski definition) is 3. The summed E-state index contributed by atoms with van der Waals surface area (Å²) in [5.41, 5.74) is 7.69. The number of carbonyl (C=O) groups excluding carboxylic acids is 1. The number of hydrogen-bond acceptors (Lipinski definition) is 5. The van der Waals surface area contributed by atoms with Crippen LogP contribution >= 0.6 is 0 Å². The van der Waals surface area contributed by atoms with Crippen LogP contribution < -0.4 is 20.6 Å². The lowest BCUT2D eigenvalue weighted by atomic mass is 10.2. The number of nitrogens with zero attached hydrogens (tertiary/aromatic N) is 1. The van der Waals surface area contributed by atoms with Gasteiger partial charge in [0.15, 0.2) is 11.5 Å². The van der Waals surface area contributed by atoms with Gasteiger partial charge in [0, 0.05) is 0 Å². The van der Waals surface area contributed by atoms with E-state index in [9.17, 15) is 4.79 Å². The lowest BCUT2D eigenvalue weighted by molar-refractivity contribution is 0.194. The molecule has 1 aromatic rings. The molecule has 4 N–H and O–H groups in total. The quantitative estimate of drug-likeness (QED) is 0.493. The van der Waals surface area contributed by atoms with Gasteiger partial charge in [-0.15, -0.1) is 0 Å². The fourth-order valence-corrected chi connectivity index (χ4v) is 1.32. The van der Waals surface area contributed by atoms with Gasteiger partial charge in [0.1, 0.15) is 6.61 Å². The monoisotopic (exact) mass is 267 g/mol. The molecule has 7 nitrogen and oxygen atoms in total. The first-order chi connectivity index (χ1) is 9.17. The molecule has 0 unspecified atom stereocenters. The largest absolute Gasteiger partial charge is 0.490 e. The molecule has 0 aromatic heterocycles. The molecular formula is C12H17N3O4. The lowest BCUT2D eigenvalue weighted by Crippen LogP contribution is -2.24. The molecule has 1 aromatic carbocycles. The fourth-order valence-electron chi connectivity index (χ4n) is 1.32. The number of primary amides is 1. The molecule has 0 heterocycles. The molecule has 0 bridgehead atoms. The van der Waals surface area contributed by atoms with Gasteiger partial charge in [-0.05, 0) is 30.7 Å². The van der Waals surface area contributed by atoms with E-state index in [0.29, 0.717) is 23.7 Å². The number of carbonyl (C=O) groups is 1. The summed E-state index contributed by atoms with van der Waals surface area (Å²) in [6.45, 7) is 2.45. The number of rotatable bonds is 7. The second-order valence-corrected chi connectivity index (χ2v) is 3.45. The van der Waals surface area contributed by atoms with Gasteiger partial charge in [-0.25, -0.2) is 10.2 Å². The normalized spacial score (nSPS) is 10.4. The van der Waals surface area contributed by atoms with Crippen molar-refractivity contribution in [2.24, 2.45) is 10.8 Å². The molecule has 7 heteroatoms. The maximum atomic E-state index is 10.5. The van der Waals surface area contributed by atoms with Gasteiger partial charge in [0.2, 0.25) is 0 Å². The topological polar surface area (TPSA) is 106 Å². The van der Waals surface area contributed by atoms with E-state index in [2.05, 4.69) is 10.5 Å². The standard InChI is InChI=1S/C12H17N3O4/c1-2-18-11-7-9(8-14-15-12(13)17)3-4-10(11)19-6-5-16/h3-4,7-8,16H,2,5-6H2,1H3,(H3,13,15,17). The molecular weight excluding hydrogens is 250 g/mol. The van der Waals surface area contributed by atoms with Crippen LogP contribution in [0.5, 0.6) is 11.5 Å². The highest BCUT2D eigenvalue weighted by Gasteiger charge is 2.05. The van der Waals surface area contributed by atoms with Crippen LogP contribution in [-0.4, -0.2) is 37.2 Å². The Morgan fingerprint density at radius 2 is 2.26 bits per heavy atom. The Morgan fingerprint density at radius 1 is 1.47 bits per heavy atom. The van der Waals surface area contributed by atoms with Gasteiger partial charge in [0.25, 0.3) is 0 Å². The van der Waals surface area contributed by atoms with Crippen molar-refractivity contribution in [3.8, 4) is 11.5 Å². The minimum absolute atomic E-state index is 0.0721. The minimum Gasteiger partial charge on any atom is -0.490 e. The summed E-state index contributed by atoms with van der Waals surface area (Å²) in [5.74, 6) is 1.08. The molecule has 0 aliphatic heterocycles. The molecule has 1 rings (SSSR count). The van der Waals surface area contributed by atoms with Gasteiger partial charge in [-0.2, -0.15) is 5.10 Å². The Bertz CT molecular complexity index is 449. The highest BCUT2D eigenvalue weighted by atomic mass is 16.5. The van der Waals surface area contributed by atoms with E-state index in [1.165, 1.54) is 6.21 Å². The van der Waals surface area contributed by atoms with Crippen molar-refractivity contribution in [2.45, 2.75) is 6.92 Å². The summed E-state index contributed by atoms with van der Waals surface area (Å²) in [5, 5.41) is 12.4. The van der Waals surface area contributed by atoms with Crippen molar-refractivity contribution in [1.82, 2.24) is 5.43 Å². The first-order valence-corrected chi connectivity index (χ1v) is 5.76. The fraction of sp³-hybridized carbons (Fsp3) is 0.333. The molecule has 0 aliphatic rings. The van der Waals surface area contributed by atoms with E-state index >= 15 is 0 Å². The molecule has 0 atom stereocenters. The predicted octanol–water partition coefficient (Wildman–Crippen LogP) is 0.459. The van der Waals surface area contributed by atoms with Gasteiger partial charge >= 0.3 is 6.03 Å². The van der Waals surface area contributed by atoms with Crippen LogP contribution in [0.25, 0.3) is 0 Å². The maximum Gasteiger partial charge on any atom is 0.332 e. The van der Waals surface area contributed by atoms with Gasteiger partial charge in [0.05, 0.1) is 19.4 Å². The molecule has 0 saturated heterocycles. The Balaban J connectivity index is 2.82. The van der Waals surface area contributed by atoms with E-state index in [-0.39, 0.29) is 13.2 Å². The summed E-state index contributed by atoms with van der Waals surface area (Å²) in [4.78, 5) is 10.5.